The van der Waals surface area contributed by atoms with Crippen molar-refractivity contribution in [1.82, 2.24) is 9.97 Å². The Balaban J connectivity index is 1.80. The second kappa shape index (κ2) is 4.91. The van der Waals surface area contributed by atoms with Gasteiger partial charge < -0.3 is 14.5 Å². The van der Waals surface area contributed by atoms with Crippen LogP contribution in [0, 0.1) is 0 Å². The number of hydrogen-bond acceptors (Lipinski definition) is 4. The molecule has 1 aliphatic carbocycles. The van der Waals surface area contributed by atoms with Gasteiger partial charge in [-0.15, -0.1) is 0 Å². The van der Waals surface area contributed by atoms with Gasteiger partial charge in [-0.2, -0.15) is 0 Å². The second-order valence-electron chi connectivity index (χ2n) is 5.47. The number of aromatic nitrogens is 2. The molecule has 2 aromatic rings. The number of nitrogens with zero attached hydrogens (tertiary/aromatic N) is 1. The van der Waals surface area contributed by atoms with Gasteiger partial charge in [-0.05, 0) is 43.9 Å². The van der Waals surface area contributed by atoms with Crippen LogP contribution in [0.3, 0.4) is 0 Å². The zero-order valence-corrected chi connectivity index (χ0v) is 11.6. The Morgan fingerprint density at radius 3 is 2.86 bits per heavy atom. The summed E-state index contributed by atoms with van der Waals surface area (Å²) in [6.45, 7) is 0.243. The monoisotopic (exact) mass is 284 g/mol. The fourth-order valence-electron chi connectivity index (χ4n) is 2.96. The highest BCUT2D eigenvalue weighted by Crippen LogP contribution is 2.35. The van der Waals surface area contributed by atoms with Gasteiger partial charge in [0.2, 0.25) is 6.79 Å². The molecule has 108 valence electrons. The third-order valence-electron chi connectivity index (χ3n) is 4.09. The second-order valence-corrected chi connectivity index (χ2v) is 5.47. The largest absolute Gasteiger partial charge is 0.454 e. The highest BCUT2D eigenvalue weighted by Gasteiger charge is 2.18. The maximum Gasteiger partial charge on any atom is 0.254 e. The Kier molecular flexibility index (Phi) is 2.91. The highest BCUT2D eigenvalue weighted by molar-refractivity contribution is 5.61. The van der Waals surface area contributed by atoms with Crippen LogP contribution in [0.15, 0.2) is 23.0 Å². The summed E-state index contributed by atoms with van der Waals surface area (Å²) in [4.78, 5) is 19.9. The molecule has 0 radical (unpaired) electrons. The lowest BCUT2D eigenvalue weighted by atomic mass is 10.1. The maximum atomic E-state index is 12.3. The molecule has 0 unspecified atom stereocenters. The van der Waals surface area contributed by atoms with E-state index in [0.717, 1.165) is 54.7 Å². The van der Waals surface area contributed by atoms with Crippen molar-refractivity contribution < 1.29 is 9.47 Å². The number of fused-ring (bicyclic) bond motifs is 2. The van der Waals surface area contributed by atoms with Crippen LogP contribution >= 0.6 is 0 Å². The van der Waals surface area contributed by atoms with Gasteiger partial charge in [-0.3, -0.25) is 4.79 Å². The van der Waals surface area contributed by atoms with Gasteiger partial charge in [-0.25, -0.2) is 4.98 Å². The lowest BCUT2D eigenvalue weighted by molar-refractivity contribution is 0.174. The number of hydrogen-bond donors (Lipinski definition) is 1. The lowest BCUT2D eigenvalue weighted by Gasteiger charge is -2.08. The minimum absolute atomic E-state index is 0.00503. The van der Waals surface area contributed by atoms with Crippen LogP contribution in [0.1, 0.15) is 30.5 Å². The first-order valence-electron chi connectivity index (χ1n) is 7.33. The third-order valence-corrected chi connectivity index (χ3v) is 4.09. The van der Waals surface area contributed by atoms with Crippen LogP contribution in [-0.2, 0) is 12.8 Å². The summed E-state index contributed by atoms with van der Waals surface area (Å²) < 4.78 is 10.7. The molecule has 21 heavy (non-hydrogen) atoms. The number of aryl methyl sites for hydroxylation is 1. The highest BCUT2D eigenvalue weighted by atomic mass is 16.7. The van der Waals surface area contributed by atoms with E-state index in [0.29, 0.717) is 11.6 Å². The molecule has 1 N–H and O–H groups in total. The van der Waals surface area contributed by atoms with Crippen molar-refractivity contribution in [3.05, 3.63) is 39.8 Å². The van der Waals surface area contributed by atoms with Gasteiger partial charge in [0.05, 0.1) is 5.69 Å². The van der Waals surface area contributed by atoms with Gasteiger partial charge in [0.15, 0.2) is 11.5 Å². The smallest absolute Gasteiger partial charge is 0.254 e. The molecule has 0 spiro atoms. The molecule has 0 amide bonds. The van der Waals surface area contributed by atoms with Gasteiger partial charge in [0.1, 0.15) is 5.82 Å². The fraction of sp³-hybridized carbons (Fsp3) is 0.375. The van der Waals surface area contributed by atoms with Gasteiger partial charge >= 0.3 is 0 Å². The van der Waals surface area contributed by atoms with Crippen molar-refractivity contribution in [1.29, 1.82) is 0 Å². The van der Waals surface area contributed by atoms with E-state index >= 15 is 0 Å². The van der Waals surface area contributed by atoms with Crippen LogP contribution in [0.5, 0.6) is 11.5 Å². The molecular formula is C16H16N2O3. The average molecular weight is 284 g/mol. The fourth-order valence-corrected chi connectivity index (χ4v) is 2.96. The zero-order valence-electron chi connectivity index (χ0n) is 11.6. The minimum atomic E-state index is -0.00503. The number of rotatable bonds is 1. The minimum Gasteiger partial charge on any atom is -0.454 e. The van der Waals surface area contributed by atoms with E-state index in [2.05, 4.69) is 9.97 Å². The van der Waals surface area contributed by atoms with Gasteiger partial charge in [-0.1, -0.05) is 6.42 Å². The van der Waals surface area contributed by atoms with Crippen LogP contribution in [0.2, 0.25) is 0 Å². The Morgan fingerprint density at radius 1 is 1.05 bits per heavy atom. The molecule has 0 saturated carbocycles. The van der Waals surface area contributed by atoms with Crippen molar-refractivity contribution in [2.75, 3.05) is 6.79 Å². The first kappa shape index (κ1) is 12.4. The van der Waals surface area contributed by atoms with Crippen LogP contribution in [0.25, 0.3) is 11.4 Å². The molecule has 4 rings (SSSR count). The summed E-state index contributed by atoms with van der Waals surface area (Å²) in [7, 11) is 0. The predicted octanol–water partition coefficient (Wildman–Crippen LogP) is 2.43. The Hall–Kier alpha value is -2.30. The number of benzene rings is 1. The van der Waals surface area contributed by atoms with E-state index in [-0.39, 0.29) is 12.4 Å². The molecule has 0 fully saturated rings. The van der Waals surface area contributed by atoms with Crippen molar-refractivity contribution in [2.24, 2.45) is 0 Å². The summed E-state index contributed by atoms with van der Waals surface area (Å²) >= 11 is 0. The molecule has 5 nitrogen and oxygen atoms in total. The molecule has 0 saturated heterocycles. The van der Waals surface area contributed by atoms with E-state index in [1.807, 2.05) is 18.2 Å². The number of nitrogens with one attached hydrogen (secondary N) is 1. The summed E-state index contributed by atoms with van der Waals surface area (Å²) in [6.07, 6.45) is 5.05. The molecule has 1 aliphatic heterocycles. The molecule has 2 heterocycles. The van der Waals surface area contributed by atoms with Gasteiger partial charge in [0.25, 0.3) is 5.56 Å². The first-order chi connectivity index (χ1) is 10.3. The van der Waals surface area contributed by atoms with Crippen LogP contribution in [-0.4, -0.2) is 16.8 Å². The standard InChI is InChI=1S/C16H16N2O3/c19-16-11-4-2-1-3-5-12(11)17-15(18-16)10-6-7-13-14(8-10)21-9-20-13/h6-8H,1-5,9H2,(H,17,18,19). The molecule has 2 aliphatic rings. The van der Waals surface area contributed by atoms with Crippen molar-refractivity contribution in [3.8, 4) is 22.9 Å². The normalized spacial score (nSPS) is 16.4. The Morgan fingerprint density at radius 2 is 1.90 bits per heavy atom. The van der Waals surface area contributed by atoms with E-state index in [1.165, 1.54) is 0 Å². The van der Waals surface area contributed by atoms with Crippen LogP contribution < -0.4 is 15.0 Å². The average Bonchev–Trinajstić information content (AvgIpc) is 2.83. The third kappa shape index (κ3) is 2.18. The predicted molar refractivity (Wildman–Crippen MR) is 77.7 cm³/mol. The van der Waals surface area contributed by atoms with E-state index < -0.39 is 0 Å². The molecule has 1 aromatic carbocycles. The Bertz CT molecular complexity index is 752. The van der Waals surface area contributed by atoms with Crippen molar-refractivity contribution >= 4 is 0 Å². The molecule has 0 bridgehead atoms. The summed E-state index contributed by atoms with van der Waals surface area (Å²) in [5.74, 6) is 2.04. The number of H-pyrrole nitrogens is 1. The van der Waals surface area contributed by atoms with E-state index in [4.69, 9.17) is 9.47 Å². The lowest BCUT2D eigenvalue weighted by Crippen LogP contribution is -2.18. The van der Waals surface area contributed by atoms with Crippen LogP contribution in [0.4, 0.5) is 0 Å². The maximum absolute atomic E-state index is 12.3. The molecule has 5 heteroatoms. The van der Waals surface area contributed by atoms with Crippen molar-refractivity contribution in [2.45, 2.75) is 32.1 Å². The van der Waals surface area contributed by atoms with E-state index in [1.54, 1.807) is 0 Å². The number of ether oxygens (including phenoxy) is 2. The quantitative estimate of drug-likeness (QED) is 0.817. The SMILES string of the molecule is O=c1[nH]c(-c2ccc3c(c2)OCO3)nc2c1CCCCC2. The Labute approximate surface area is 121 Å². The summed E-state index contributed by atoms with van der Waals surface area (Å²) in [5.41, 5.74) is 2.65. The topological polar surface area (TPSA) is 64.2 Å². The first-order valence-corrected chi connectivity index (χ1v) is 7.33. The van der Waals surface area contributed by atoms with Gasteiger partial charge in [0, 0.05) is 11.1 Å². The van der Waals surface area contributed by atoms with Crippen molar-refractivity contribution in [3.63, 3.8) is 0 Å². The molecule has 0 atom stereocenters. The van der Waals surface area contributed by atoms with E-state index in [9.17, 15) is 4.79 Å². The summed E-state index contributed by atoms with van der Waals surface area (Å²) in [6, 6.07) is 5.61. The number of aromatic amines is 1. The molecular weight excluding hydrogens is 268 g/mol. The molecule has 1 aromatic heterocycles. The zero-order chi connectivity index (χ0) is 14.2. The summed E-state index contributed by atoms with van der Waals surface area (Å²) in [5, 5.41) is 0.